The monoisotopic (exact) mass is 561 g/mol. The summed E-state index contributed by atoms with van der Waals surface area (Å²) in [6.45, 7) is 2.34. The van der Waals surface area contributed by atoms with Crippen LogP contribution in [0.1, 0.15) is 44.4 Å². The lowest BCUT2D eigenvalue weighted by Gasteiger charge is -2.28. The molecule has 0 bridgehead atoms. The van der Waals surface area contributed by atoms with Gasteiger partial charge in [0.15, 0.2) is 0 Å². The van der Waals surface area contributed by atoms with Crippen molar-refractivity contribution in [2.45, 2.75) is 19.5 Å². The van der Waals surface area contributed by atoms with Crippen molar-refractivity contribution in [3.8, 4) is 5.75 Å². The van der Waals surface area contributed by atoms with Crippen LogP contribution in [0.5, 0.6) is 5.75 Å². The number of methoxy groups -OCH3 is 1. The fourth-order valence-corrected chi connectivity index (χ4v) is 5.73. The third kappa shape index (κ3) is 5.39. The van der Waals surface area contributed by atoms with Crippen molar-refractivity contribution >= 4 is 50.0 Å². The second-order valence-electron chi connectivity index (χ2n) is 9.60. The molecule has 0 spiro atoms. The van der Waals surface area contributed by atoms with E-state index in [1.165, 1.54) is 11.3 Å². The number of hydrogen-bond donors (Lipinski definition) is 2. The first-order valence-electron chi connectivity index (χ1n) is 13.1. The highest BCUT2D eigenvalue weighted by Crippen LogP contribution is 2.34. The summed E-state index contributed by atoms with van der Waals surface area (Å²) in [5, 5.41) is 3.83. The van der Waals surface area contributed by atoms with Crippen LogP contribution in [0, 0.1) is 0 Å². The summed E-state index contributed by atoms with van der Waals surface area (Å²) < 4.78 is 6.33. The van der Waals surface area contributed by atoms with E-state index in [4.69, 9.17) is 9.72 Å². The van der Waals surface area contributed by atoms with Crippen molar-refractivity contribution in [2.24, 2.45) is 0 Å². The van der Waals surface area contributed by atoms with E-state index in [2.05, 4.69) is 15.3 Å². The number of H-pyrrole nitrogens is 1. The summed E-state index contributed by atoms with van der Waals surface area (Å²) in [6.07, 6.45) is 3.43. The highest BCUT2D eigenvalue weighted by atomic mass is 32.1. The van der Waals surface area contributed by atoms with Crippen LogP contribution in [0.4, 0.5) is 5.69 Å². The van der Waals surface area contributed by atoms with Gasteiger partial charge in [-0.05, 0) is 78.5 Å². The molecule has 0 radical (unpaired) electrons. The quantitative estimate of drug-likeness (QED) is 0.220. The molecule has 0 aliphatic rings. The van der Waals surface area contributed by atoms with E-state index in [-0.39, 0.29) is 11.8 Å². The predicted octanol–water partition coefficient (Wildman–Crippen LogP) is 6.52. The van der Waals surface area contributed by atoms with E-state index in [1.807, 2.05) is 73.7 Å². The number of nitrogens with zero attached hydrogens (tertiary/aromatic N) is 3. The fraction of sp³-hybridized carbons (Fsp3) is 0.125. The molecule has 204 valence electrons. The van der Waals surface area contributed by atoms with Crippen LogP contribution in [-0.4, -0.2) is 33.9 Å². The maximum Gasteiger partial charge on any atom is 0.261 e. The summed E-state index contributed by atoms with van der Waals surface area (Å²) in [5.41, 5.74) is 3.85. The highest BCUT2D eigenvalue weighted by molar-refractivity contribution is 7.20. The first-order valence-corrected chi connectivity index (χ1v) is 13.9. The Morgan fingerprint density at radius 1 is 1.02 bits per heavy atom. The van der Waals surface area contributed by atoms with Crippen molar-refractivity contribution in [2.75, 3.05) is 12.0 Å². The lowest BCUT2D eigenvalue weighted by molar-refractivity contribution is 0.0952. The molecule has 3 aromatic carbocycles. The molecule has 0 saturated carbocycles. The van der Waals surface area contributed by atoms with E-state index in [9.17, 15) is 9.59 Å². The maximum atomic E-state index is 14.1. The first-order chi connectivity index (χ1) is 20.0. The Balaban J connectivity index is 1.35. The lowest BCUT2D eigenvalue weighted by atomic mass is 10.1. The van der Waals surface area contributed by atoms with Gasteiger partial charge in [0.25, 0.3) is 11.8 Å². The van der Waals surface area contributed by atoms with Crippen LogP contribution >= 0.6 is 11.3 Å². The zero-order valence-corrected chi connectivity index (χ0v) is 23.3. The number of aromatic amines is 1. The molecule has 9 heteroatoms. The van der Waals surface area contributed by atoms with E-state index >= 15 is 0 Å². The van der Waals surface area contributed by atoms with Crippen molar-refractivity contribution in [3.63, 3.8) is 0 Å². The number of ether oxygens (including phenoxy) is 1. The standard InChI is InChI=1S/C32H27N5O3S/c1-20(30-35-26-10-3-4-11-27(26)36-30)37(32(39)22-8-5-9-25(16-22)40-2)24-12-13-28-23(15-24)17-29(41-28)31(38)34-19-21-7-6-14-33-18-21/h3-18,20H,19H2,1-2H3,(H,34,38)(H,35,36). The van der Waals surface area contributed by atoms with Crippen LogP contribution in [0.3, 0.4) is 0 Å². The Morgan fingerprint density at radius 2 is 1.90 bits per heavy atom. The van der Waals surface area contributed by atoms with E-state index in [0.717, 1.165) is 26.7 Å². The van der Waals surface area contributed by atoms with Crippen molar-refractivity contribution < 1.29 is 14.3 Å². The average molecular weight is 562 g/mol. The summed E-state index contributed by atoms with van der Waals surface area (Å²) >= 11 is 1.41. The average Bonchev–Trinajstić information content (AvgIpc) is 3.65. The van der Waals surface area contributed by atoms with Gasteiger partial charge in [0.05, 0.1) is 29.1 Å². The third-order valence-corrected chi connectivity index (χ3v) is 8.02. The van der Waals surface area contributed by atoms with E-state index < -0.39 is 6.04 Å². The molecule has 6 rings (SSSR count). The number of rotatable bonds is 8. The molecule has 41 heavy (non-hydrogen) atoms. The number of benzene rings is 3. The molecule has 1 unspecified atom stereocenters. The number of thiophene rings is 1. The van der Waals surface area contributed by atoms with Gasteiger partial charge in [-0.25, -0.2) is 4.98 Å². The topological polar surface area (TPSA) is 100 Å². The molecule has 0 fully saturated rings. The first kappa shape index (κ1) is 26.2. The molecule has 1 atom stereocenters. The minimum atomic E-state index is -0.417. The SMILES string of the molecule is COc1cccc(C(=O)N(c2ccc3sc(C(=O)NCc4cccnc4)cc3c2)C(C)c2nc3ccccc3[nH]2)c1. The summed E-state index contributed by atoms with van der Waals surface area (Å²) in [7, 11) is 1.58. The number of aromatic nitrogens is 3. The van der Waals surface area contributed by atoms with Gasteiger partial charge in [-0.2, -0.15) is 0 Å². The minimum Gasteiger partial charge on any atom is -0.497 e. The van der Waals surface area contributed by atoms with Crippen molar-refractivity contribution in [1.29, 1.82) is 0 Å². The minimum absolute atomic E-state index is 0.156. The van der Waals surface area contributed by atoms with Crippen molar-refractivity contribution in [1.82, 2.24) is 20.3 Å². The van der Waals surface area contributed by atoms with Gasteiger partial charge in [-0.1, -0.05) is 24.3 Å². The van der Waals surface area contributed by atoms with E-state index in [1.54, 1.807) is 42.6 Å². The summed E-state index contributed by atoms with van der Waals surface area (Å²) in [5.74, 6) is 0.920. The lowest BCUT2D eigenvalue weighted by Crippen LogP contribution is -2.34. The molecule has 2 amide bonds. The second-order valence-corrected chi connectivity index (χ2v) is 10.7. The number of pyridine rings is 1. The zero-order chi connectivity index (χ0) is 28.3. The molecule has 8 nitrogen and oxygen atoms in total. The second kappa shape index (κ2) is 11.2. The third-order valence-electron chi connectivity index (χ3n) is 6.90. The van der Waals surface area contributed by atoms with Gasteiger partial charge in [0, 0.05) is 34.9 Å². The zero-order valence-electron chi connectivity index (χ0n) is 22.5. The Labute approximate surface area is 240 Å². The number of fused-ring (bicyclic) bond motifs is 2. The molecule has 0 saturated heterocycles. The Morgan fingerprint density at radius 3 is 2.71 bits per heavy atom. The van der Waals surface area contributed by atoms with Crippen LogP contribution in [0.25, 0.3) is 21.1 Å². The van der Waals surface area contributed by atoms with Gasteiger partial charge in [0.2, 0.25) is 0 Å². The smallest absolute Gasteiger partial charge is 0.261 e. The Hall–Kier alpha value is -5.02. The van der Waals surface area contributed by atoms with Gasteiger partial charge in [-0.3, -0.25) is 19.5 Å². The summed E-state index contributed by atoms with van der Waals surface area (Å²) in [6, 6.07) is 25.9. The molecular formula is C32H27N5O3S. The van der Waals surface area contributed by atoms with Gasteiger partial charge >= 0.3 is 0 Å². The number of nitrogens with one attached hydrogen (secondary N) is 2. The largest absolute Gasteiger partial charge is 0.497 e. The normalized spacial score (nSPS) is 11.9. The Bertz CT molecular complexity index is 1830. The van der Waals surface area contributed by atoms with Crippen molar-refractivity contribution in [3.05, 3.63) is 119 Å². The van der Waals surface area contributed by atoms with Gasteiger partial charge < -0.3 is 15.0 Å². The molecular weight excluding hydrogens is 534 g/mol. The number of carbonyl (C=O) groups excluding carboxylic acids is 2. The molecule has 0 aliphatic heterocycles. The maximum absolute atomic E-state index is 14.1. The number of hydrogen-bond acceptors (Lipinski definition) is 6. The number of imidazole rings is 1. The Kier molecular flexibility index (Phi) is 7.18. The fourth-order valence-electron chi connectivity index (χ4n) is 4.77. The van der Waals surface area contributed by atoms with Crippen LogP contribution in [0.2, 0.25) is 0 Å². The van der Waals surface area contributed by atoms with Crippen LogP contribution in [-0.2, 0) is 6.54 Å². The molecule has 2 N–H and O–H groups in total. The predicted molar refractivity (Wildman–Crippen MR) is 162 cm³/mol. The summed E-state index contributed by atoms with van der Waals surface area (Å²) in [4.78, 5) is 41.6. The number of para-hydroxylation sites is 2. The number of anilines is 1. The molecule has 3 heterocycles. The van der Waals surface area contributed by atoms with Crippen LogP contribution < -0.4 is 15.0 Å². The molecule has 6 aromatic rings. The number of carbonyl (C=O) groups is 2. The van der Waals surface area contributed by atoms with E-state index in [0.29, 0.717) is 34.2 Å². The van der Waals surface area contributed by atoms with Gasteiger partial charge in [-0.15, -0.1) is 11.3 Å². The molecule has 3 aromatic heterocycles. The van der Waals surface area contributed by atoms with Crippen LogP contribution in [0.15, 0.2) is 97.3 Å². The van der Waals surface area contributed by atoms with Gasteiger partial charge in [0.1, 0.15) is 11.6 Å². The molecule has 0 aliphatic carbocycles. The highest BCUT2D eigenvalue weighted by Gasteiger charge is 2.27. The number of amides is 2.